The topological polar surface area (TPSA) is 95.6 Å². The maximum atomic E-state index is 11.6. The molecular formula is C22H39IN6O. The van der Waals surface area contributed by atoms with Crippen LogP contribution in [-0.2, 0) is 11.3 Å². The van der Waals surface area contributed by atoms with Crippen LogP contribution in [0.2, 0.25) is 0 Å². The predicted octanol–water partition coefficient (Wildman–Crippen LogP) is 3.43. The molecule has 1 amide bonds. The van der Waals surface area contributed by atoms with E-state index < -0.39 is 0 Å². The number of amides is 1. The number of rotatable bonds is 10. The van der Waals surface area contributed by atoms with E-state index in [4.69, 9.17) is 5.73 Å². The monoisotopic (exact) mass is 530 g/mol. The molecule has 1 aliphatic rings. The van der Waals surface area contributed by atoms with Gasteiger partial charge in [0.15, 0.2) is 5.96 Å². The molecule has 1 fully saturated rings. The molecule has 1 saturated heterocycles. The van der Waals surface area contributed by atoms with Gasteiger partial charge in [-0.3, -0.25) is 9.79 Å². The first-order valence-corrected chi connectivity index (χ1v) is 11.0. The molecule has 2 rings (SSSR count). The normalized spacial score (nSPS) is 17.8. The number of halogens is 1. The molecule has 30 heavy (non-hydrogen) atoms. The summed E-state index contributed by atoms with van der Waals surface area (Å²) in [6, 6.07) is 4.40. The number of hydrogen-bond acceptors (Lipinski definition) is 4. The summed E-state index contributed by atoms with van der Waals surface area (Å²) < 4.78 is 0. The van der Waals surface area contributed by atoms with E-state index in [2.05, 4.69) is 45.4 Å². The molecule has 1 aromatic rings. The molecule has 8 heteroatoms. The third-order valence-corrected chi connectivity index (χ3v) is 5.53. The van der Waals surface area contributed by atoms with Crippen molar-refractivity contribution >= 4 is 41.7 Å². The molecule has 0 saturated carbocycles. The Morgan fingerprint density at radius 2 is 2.20 bits per heavy atom. The number of carbonyl (C=O) groups is 1. The Labute approximate surface area is 198 Å². The fourth-order valence-electron chi connectivity index (χ4n) is 3.81. The van der Waals surface area contributed by atoms with E-state index in [9.17, 15) is 4.79 Å². The first-order valence-electron chi connectivity index (χ1n) is 11.0. The van der Waals surface area contributed by atoms with Gasteiger partial charge in [-0.2, -0.15) is 0 Å². The Morgan fingerprint density at radius 1 is 1.40 bits per heavy atom. The Balaban J connectivity index is 0.00000450. The molecule has 2 atom stereocenters. The zero-order chi connectivity index (χ0) is 21.1. The summed E-state index contributed by atoms with van der Waals surface area (Å²) in [6.07, 6.45) is 9.85. The van der Waals surface area contributed by atoms with Crippen molar-refractivity contribution in [2.75, 3.05) is 25.0 Å². The van der Waals surface area contributed by atoms with E-state index in [-0.39, 0.29) is 35.8 Å². The molecule has 0 radical (unpaired) electrons. The highest BCUT2D eigenvalue weighted by atomic mass is 127. The second-order valence-corrected chi connectivity index (χ2v) is 7.99. The number of guanidine groups is 1. The van der Waals surface area contributed by atoms with Gasteiger partial charge in [0.1, 0.15) is 5.82 Å². The summed E-state index contributed by atoms with van der Waals surface area (Å²) in [7, 11) is 1.80. The number of aliphatic imine (C=N–C) groups is 1. The van der Waals surface area contributed by atoms with Crippen molar-refractivity contribution in [2.24, 2.45) is 16.6 Å². The smallest absolute Gasteiger partial charge is 0.222 e. The molecule has 170 valence electrons. The maximum absolute atomic E-state index is 11.6. The van der Waals surface area contributed by atoms with Crippen LogP contribution >= 0.6 is 24.0 Å². The Hall–Kier alpha value is -1.58. The number of piperidine rings is 1. The SMILES string of the molecule is CCCCCCC(C)NC(=NC)NCc1cccnc1N1CCCC(C(N)=O)C1.I. The number of unbranched alkanes of at least 4 members (excludes halogenated alkanes) is 3. The van der Waals surface area contributed by atoms with Crippen molar-refractivity contribution in [3.63, 3.8) is 0 Å². The highest BCUT2D eigenvalue weighted by Crippen LogP contribution is 2.24. The van der Waals surface area contributed by atoms with Crippen molar-refractivity contribution in [3.8, 4) is 0 Å². The minimum absolute atomic E-state index is 0. The molecule has 2 heterocycles. The molecule has 0 bridgehead atoms. The summed E-state index contributed by atoms with van der Waals surface area (Å²) >= 11 is 0. The molecule has 1 aliphatic heterocycles. The zero-order valence-electron chi connectivity index (χ0n) is 18.7. The van der Waals surface area contributed by atoms with E-state index in [1.54, 1.807) is 13.2 Å². The Bertz CT molecular complexity index is 669. The number of anilines is 1. The van der Waals surface area contributed by atoms with Crippen molar-refractivity contribution in [1.82, 2.24) is 15.6 Å². The minimum atomic E-state index is -0.220. The van der Waals surface area contributed by atoms with Gasteiger partial charge < -0.3 is 21.3 Å². The molecule has 7 nitrogen and oxygen atoms in total. The number of nitrogens with zero attached hydrogens (tertiary/aromatic N) is 3. The van der Waals surface area contributed by atoms with Crippen LogP contribution in [-0.4, -0.2) is 43.0 Å². The number of nitrogens with one attached hydrogen (secondary N) is 2. The lowest BCUT2D eigenvalue weighted by atomic mass is 9.97. The number of pyridine rings is 1. The molecule has 4 N–H and O–H groups in total. The third kappa shape index (κ3) is 8.65. The zero-order valence-corrected chi connectivity index (χ0v) is 21.0. The maximum Gasteiger partial charge on any atom is 0.222 e. The first kappa shape index (κ1) is 26.5. The van der Waals surface area contributed by atoms with E-state index in [0.717, 1.165) is 43.1 Å². The second-order valence-electron chi connectivity index (χ2n) is 7.99. The Kier molecular flexibility index (Phi) is 12.7. The average Bonchev–Trinajstić information content (AvgIpc) is 2.74. The third-order valence-electron chi connectivity index (χ3n) is 5.53. The summed E-state index contributed by atoms with van der Waals surface area (Å²) in [5.41, 5.74) is 6.63. The summed E-state index contributed by atoms with van der Waals surface area (Å²) in [4.78, 5) is 22.8. The highest BCUT2D eigenvalue weighted by molar-refractivity contribution is 14.0. The summed E-state index contributed by atoms with van der Waals surface area (Å²) in [5, 5.41) is 6.89. The van der Waals surface area contributed by atoms with Crippen molar-refractivity contribution in [2.45, 2.75) is 71.4 Å². The lowest BCUT2D eigenvalue weighted by Gasteiger charge is -2.33. The van der Waals surface area contributed by atoms with E-state index in [1.165, 1.54) is 25.7 Å². The van der Waals surface area contributed by atoms with E-state index >= 15 is 0 Å². The van der Waals surface area contributed by atoms with Crippen molar-refractivity contribution in [3.05, 3.63) is 23.9 Å². The highest BCUT2D eigenvalue weighted by Gasteiger charge is 2.26. The first-order chi connectivity index (χ1) is 14.0. The average molecular weight is 530 g/mol. The summed E-state index contributed by atoms with van der Waals surface area (Å²) in [6.45, 7) is 6.60. The van der Waals surface area contributed by atoms with Crippen LogP contribution in [0.4, 0.5) is 5.82 Å². The van der Waals surface area contributed by atoms with Crippen LogP contribution in [0.3, 0.4) is 0 Å². The van der Waals surface area contributed by atoms with Gasteiger partial charge in [-0.05, 0) is 32.3 Å². The van der Waals surface area contributed by atoms with Gasteiger partial charge in [-0.15, -0.1) is 24.0 Å². The number of aromatic nitrogens is 1. The van der Waals surface area contributed by atoms with Gasteiger partial charge in [0, 0.05) is 44.5 Å². The fourth-order valence-corrected chi connectivity index (χ4v) is 3.81. The second kappa shape index (κ2) is 14.4. The van der Waals surface area contributed by atoms with Gasteiger partial charge >= 0.3 is 0 Å². The number of carbonyl (C=O) groups excluding carboxylic acids is 1. The lowest BCUT2D eigenvalue weighted by molar-refractivity contribution is -0.122. The Morgan fingerprint density at radius 3 is 2.90 bits per heavy atom. The van der Waals surface area contributed by atoms with Crippen LogP contribution in [0.15, 0.2) is 23.3 Å². The number of primary amides is 1. The van der Waals surface area contributed by atoms with Gasteiger partial charge in [0.2, 0.25) is 5.91 Å². The molecular weight excluding hydrogens is 491 g/mol. The molecule has 2 unspecified atom stereocenters. The van der Waals surface area contributed by atoms with Gasteiger partial charge in [0.25, 0.3) is 0 Å². The van der Waals surface area contributed by atoms with Crippen LogP contribution in [0, 0.1) is 5.92 Å². The van der Waals surface area contributed by atoms with E-state index in [0.29, 0.717) is 19.1 Å². The molecule has 0 spiro atoms. The summed E-state index contributed by atoms with van der Waals surface area (Å²) in [5.74, 6) is 1.41. The number of hydrogen-bond donors (Lipinski definition) is 3. The standard InChI is InChI=1S/C22H38N6O.HI/c1-4-5-6-7-10-17(2)27-22(24-3)26-15-18-11-8-13-25-21(18)28-14-9-12-19(16-28)20(23)29;/h8,11,13,17,19H,4-7,9-10,12,14-16H2,1-3H3,(H2,23,29)(H2,24,26,27);1H. The number of nitrogens with two attached hydrogens (primary N) is 1. The van der Waals surface area contributed by atoms with Crippen LogP contribution in [0.1, 0.15) is 64.4 Å². The molecule has 0 aromatic carbocycles. The van der Waals surface area contributed by atoms with Gasteiger partial charge in [0.05, 0.1) is 5.92 Å². The van der Waals surface area contributed by atoms with Crippen LogP contribution < -0.4 is 21.3 Å². The van der Waals surface area contributed by atoms with Gasteiger partial charge in [-0.1, -0.05) is 38.7 Å². The minimum Gasteiger partial charge on any atom is -0.369 e. The van der Waals surface area contributed by atoms with Crippen LogP contribution in [0.25, 0.3) is 0 Å². The van der Waals surface area contributed by atoms with Crippen molar-refractivity contribution < 1.29 is 4.79 Å². The predicted molar refractivity (Wildman–Crippen MR) is 135 cm³/mol. The quantitative estimate of drug-likeness (QED) is 0.187. The van der Waals surface area contributed by atoms with E-state index in [1.807, 2.05) is 6.07 Å². The van der Waals surface area contributed by atoms with Crippen molar-refractivity contribution in [1.29, 1.82) is 0 Å². The fraction of sp³-hybridized carbons (Fsp3) is 0.682. The van der Waals surface area contributed by atoms with Gasteiger partial charge in [-0.25, -0.2) is 4.98 Å². The van der Waals surface area contributed by atoms with Crippen LogP contribution in [0.5, 0.6) is 0 Å². The largest absolute Gasteiger partial charge is 0.369 e. The lowest BCUT2D eigenvalue weighted by Crippen LogP contribution is -2.43. The molecule has 1 aromatic heterocycles. The molecule has 0 aliphatic carbocycles.